The average molecular weight is 203 g/mol. The lowest BCUT2D eigenvalue weighted by atomic mass is 9.90. The molecule has 1 unspecified atom stereocenters. The van der Waals surface area contributed by atoms with Crippen molar-refractivity contribution in [3.63, 3.8) is 0 Å². The Kier molecular flexibility index (Phi) is 1.68. The smallest absolute Gasteiger partial charge is 0.339 e. The van der Waals surface area contributed by atoms with Crippen LogP contribution in [-0.4, -0.2) is 19.1 Å². The molecular formula is C12H13NO2. The fourth-order valence-corrected chi connectivity index (χ4v) is 2.59. The molecule has 3 nitrogen and oxygen atoms in total. The van der Waals surface area contributed by atoms with Crippen molar-refractivity contribution in [3.8, 4) is 0 Å². The summed E-state index contributed by atoms with van der Waals surface area (Å²) < 4.78 is 5.56. The standard InChI is InChI=1S/C12H13NO2/c1-8-3-2-4-9-10(8)11(14)15-12(9)5-6-13-7-12/h2-4,13H,5-7H2,1H3. The molecule has 3 heteroatoms. The SMILES string of the molecule is Cc1cccc2c1C(=O)OC21CCNC1. The first-order valence-electron chi connectivity index (χ1n) is 5.27. The lowest BCUT2D eigenvalue weighted by Gasteiger charge is -2.21. The van der Waals surface area contributed by atoms with E-state index in [1.807, 2.05) is 25.1 Å². The van der Waals surface area contributed by atoms with Crippen LogP contribution in [0.1, 0.15) is 27.9 Å². The van der Waals surface area contributed by atoms with E-state index in [0.717, 1.165) is 36.2 Å². The van der Waals surface area contributed by atoms with Crippen molar-refractivity contribution >= 4 is 5.97 Å². The summed E-state index contributed by atoms with van der Waals surface area (Å²) in [5.41, 5.74) is 2.48. The van der Waals surface area contributed by atoms with Gasteiger partial charge >= 0.3 is 5.97 Å². The predicted octanol–water partition coefficient (Wildman–Crippen LogP) is 1.35. The highest BCUT2D eigenvalue weighted by atomic mass is 16.6. The zero-order valence-electron chi connectivity index (χ0n) is 8.67. The molecule has 0 radical (unpaired) electrons. The topological polar surface area (TPSA) is 38.3 Å². The second-order valence-electron chi connectivity index (χ2n) is 4.31. The molecule has 1 aromatic rings. The predicted molar refractivity (Wildman–Crippen MR) is 55.8 cm³/mol. The van der Waals surface area contributed by atoms with E-state index in [0.29, 0.717) is 0 Å². The normalized spacial score (nSPS) is 28.2. The van der Waals surface area contributed by atoms with Gasteiger partial charge in [0.1, 0.15) is 0 Å². The molecule has 0 saturated carbocycles. The Bertz CT molecular complexity index is 433. The lowest BCUT2D eigenvalue weighted by Crippen LogP contribution is -2.28. The Morgan fingerprint density at radius 1 is 1.47 bits per heavy atom. The first kappa shape index (κ1) is 8.92. The van der Waals surface area contributed by atoms with Gasteiger partial charge in [0.2, 0.25) is 0 Å². The van der Waals surface area contributed by atoms with Gasteiger partial charge in [-0.15, -0.1) is 0 Å². The highest BCUT2D eigenvalue weighted by molar-refractivity contribution is 5.96. The van der Waals surface area contributed by atoms with E-state index in [2.05, 4.69) is 5.32 Å². The first-order valence-corrected chi connectivity index (χ1v) is 5.27. The van der Waals surface area contributed by atoms with Crippen LogP contribution in [0.4, 0.5) is 0 Å². The van der Waals surface area contributed by atoms with Crippen LogP contribution in [0.5, 0.6) is 0 Å². The van der Waals surface area contributed by atoms with E-state index in [4.69, 9.17) is 4.74 Å². The molecule has 2 heterocycles. The molecule has 15 heavy (non-hydrogen) atoms. The number of hydrogen-bond acceptors (Lipinski definition) is 3. The van der Waals surface area contributed by atoms with Gasteiger partial charge in [0.15, 0.2) is 5.60 Å². The van der Waals surface area contributed by atoms with Crippen LogP contribution in [0.3, 0.4) is 0 Å². The summed E-state index contributed by atoms with van der Waals surface area (Å²) in [5.74, 6) is -0.160. The Hall–Kier alpha value is -1.35. The number of esters is 1. The molecule has 78 valence electrons. The minimum Gasteiger partial charge on any atom is -0.449 e. The summed E-state index contributed by atoms with van der Waals surface area (Å²) in [6, 6.07) is 5.97. The van der Waals surface area contributed by atoms with Crippen LogP contribution in [-0.2, 0) is 10.3 Å². The monoisotopic (exact) mass is 203 g/mol. The maximum absolute atomic E-state index is 11.8. The summed E-state index contributed by atoms with van der Waals surface area (Å²) in [6.07, 6.45) is 0.884. The molecule has 1 N–H and O–H groups in total. The van der Waals surface area contributed by atoms with Gasteiger partial charge in [0, 0.05) is 18.5 Å². The van der Waals surface area contributed by atoms with Crippen LogP contribution >= 0.6 is 0 Å². The number of carbonyl (C=O) groups is 1. The molecule has 0 aliphatic carbocycles. The molecule has 0 amide bonds. The number of benzene rings is 1. The van der Waals surface area contributed by atoms with E-state index >= 15 is 0 Å². The maximum atomic E-state index is 11.8. The van der Waals surface area contributed by atoms with Crippen LogP contribution in [0.25, 0.3) is 0 Å². The van der Waals surface area contributed by atoms with E-state index in [1.165, 1.54) is 0 Å². The molecule has 2 aliphatic rings. The van der Waals surface area contributed by atoms with Crippen molar-refractivity contribution in [3.05, 3.63) is 34.9 Å². The lowest BCUT2D eigenvalue weighted by molar-refractivity contribution is 0.00163. The number of ether oxygens (including phenoxy) is 1. The molecule has 2 aliphatic heterocycles. The molecule has 0 aromatic heterocycles. The first-order chi connectivity index (χ1) is 7.23. The second kappa shape index (κ2) is 2.83. The third-order valence-electron chi connectivity index (χ3n) is 3.37. The highest BCUT2D eigenvalue weighted by Crippen LogP contribution is 2.41. The summed E-state index contributed by atoms with van der Waals surface area (Å²) in [6.45, 7) is 3.62. The van der Waals surface area contributed by atoms with E-state index in [-0.39, 0.29) is 11.6 Å². The molecule has 1 fully saturated rings. The highest BCUT2D eigenvalue weighted by Gasteiger charge is 2.47. The van der Waals surface area contributed by atoms with Gasteiger partial charge in [0.05, 0.1) is 5.56 Å². The van der Waals surface area contributed by atoms with Crippen molar-refractivity contribution in [2.24, 2.45) is 0 Å². The van der Waals surface area contributed by atoms with Gasteiger partial charge in [-0.05, 0) is 19.0 Å². The average Bonchev–Trinajstić information content (AvgIpc) is 2.76. The number of fused-ring (bicyclic) bond motifs is 2. The van der Waals surface area contributed by atoms with E-state index in [1.54, 1.807) is 0 Å². The third-order valence-corrected chi connectivity index (χ3v) is 3.37. The molecule has 1 spiro atoms. The third kappa shape index (κ3) is 1.07. The number of rotatable bonds is 0. The zero-order chi connectivity index (χ0) is 10.5. The number of nitrogens with one attached hydrogen (secondary N) is 1. The van der Waals surface area contributed by atoms with Crippen molar-refractivity contribution in [1.29, 1.82) is 0 Å². The Morgan fingerprint density at radius 3 is 3.07 bits per heavy atom. The van der Waals surface area contributed by atoms with Gasteiger partial charge in [-0.3, -0.25) is 0 Å². The Balaban J connectivity index is 2.22. The fraction of sp³-hybridized carbons (Fsp3) is 0.417. The molecular weight excluding hydrogens is 190 g/mol. The van der Waals surface area contributed by atoms with Gasteiger partial charge in [-0.1, -0.05) is 18.2 Å². The van der Waals surface area contributed by atoms with Gasteiger partial charge in [0.25, 0.3) is 0 Å². The minimum atomic E-state index is -0.377. The summed E-state index contributed by atoms with van der Waals surface area (Å²) in [5, 5.41) is 3.26. The summed E-state index contributed by atoms with van der Waals surface area (Å²) in [7, 11) is 0. The fourth-order valence-electron chi connectivity index (χ4n) is 2.59. The minimum absolute atomic E-state index is 0.160. The largest absolute Gasteiger partial charge is 0.449 e. The molecule has 1 saturated heterocycles. The molecule has 3 rings (SSSR count). The molecule has 1 atom stereocenters. The van der Waals surface area contributed by atoms with E-state index < -0.39 is 0 Å². The van der Waals surface area contributed by atoms with Gasteiger partial charge < -0.3 is 10.1 Å². The molecule has 1 aromatic carbocycles. The maximum Gasteiger partial charge on any atom is 0.339 e. The summed E-state index contributed by atoms with van der Waals surface area (Å²) in [4.78, 5) is 11.8. The van der Waals surface area contributed by atoms with Crippen molar-refractivity contribution in [1.82, 2.24) is 5.32 Å². The number of hydrogen-bond donors (Lipinski definition) is 1. The van der Waals surface area contributed by atoms with Crippen LogP contribution < -0.4 is 5.32 Å². The Labute approximate surface area is 88.4 Å². The zero-order valence-corrected chi connectivity index (χ0v) is 8.67. The number of carbonyl (C=O) groups excluding carboxylic acids is 1. The van der Waals surface area contributed by atoms with Crippen molar-refractivity contribution in [2.75, 3.05) is 13.1 Å². The van der Waals surface area contributed by atoms with Crippen LogP contribution in [0.15, 0.2) is 18.2 Å². The van der Waals surface area contributed by atoms with Gasteiger partial charge in [-0.25, -0.2) is 4.79 Å². The van der Waals surface area contributed by atoms with Crippen molar-refractivity contribution < 1.29 is 9.53 Å². The van der Waals surface area contributed by atoms with Crippen LogP contribution in [0, 0.1) is 6.92 Å². The van der Waals surface area contributed by atoms with E-state index in [9.17, 15) is 4.79 Å². The summed E-state index contributed by atoms with van der Waals surface area (Å²) >= 11 is 0. The Morgan fingerprint density at radius 2 is 2.33 bits per heavy atom. The second-order valence-corrected chi connectivity index (χ2v) is 4.31. The quantitative estimate of drug-likeness (QED) is 0.647. The van der Waals surface area contributed by atoms with Crippen molar-refractivity contribution in [2.45, 2.75) is 18.9 Å². The van der Waals surface area contributed by atoms with Gasteiger partial charge in [-0.2, -0.15) is 0 Å². The van der Waals surface area contributed by atoms with Crippen LogP contribution in [0.2, 0.25) is 0 Å². The number of aryl methyl sites for hydroxylation is 1. The molecule has 0 bridgehead atoms.